The Morgan fingerprint density at radius 2 is 2.24 bits per heavy atom. The van der Waals surface area contributed by atoms with E-state index in [0.29, 0.717) is 5.92 Å². The summed E-state index contributed by atoms with van der Waals surface area (Å²) in [7, 11) is 0. The molecule has 0 spiro atoms. The van der Waals surface area contributed by atoms with Crippen LogP contribution in [-0.4, -0.2) is 29.2 Å². The second-order valence-electron chi connectivity index (χ2n) is 4.76. The van der Waals surface area contributed by atoms with Gasteiger partial charge in [-0.3, -0.25) is 4.90 Å². The predicted molar refractivity (Wildman–Crippen MR) is 66.2 cm³/mol. The first kappa shape index (κ1) is 12.1. The minimum absolute atomic E-state index is 0.204. The lowest BCUT2D eigenvalue weighted by molar-refractivity contribution is 0.134. The number of benzene rings is 1. The highest BCUT2D eigenvalue weighted by atomic mass is 16.3. The maximum absolute atomic E-state index is 9.40. The van der Waals surface area contributed by atoms with Crippen molar-refractivity contribution in [1.82, 2.24) is 4.90 Å². The second-order valence-corrected chi connectivity index (χ2v) is 4.76. The summed E-state index contributed by atoms with van der Waals surface area (Å²) in [6.07, 6.45) is 1.12. The molecule has 1 saturated heterocycles. The molecule has 1 aromatic rings. The molecule has 0 amide bonds. The number of nitriles is 1. The van der Waals surface area contributed by atoms with Crippen LogP contribution in [0.1, 0.15) is 24.5 Å². The quantitative estimate of drug-likeness (QED) is 0.860. The van der Waals surface area contributed by atoms with Gasteiger partial charge in [-0.2, -0.15) is 5.26 Å². The average Bonchev–Trinajstić information content (AvgIpc) is 2.70. The van der Waals surface area contributed by atoms with Crippen LogP contribution >= 0.6 is 0 Å². The van der Waals surface area contributed by atoms with Gasteiger partial charge in [-0.25, -0.2) is 0 Å². The lowest BCUT2D eigenvalue weighted by Crippen LogP contribution is -2.34. The minimum Gasteiger partial charge on any atom is -0.395 e. The molecule has 1 aliphatic heterocycles. The highest BCUT2D eigenvalue weighted by molar-refractivity contribution is 5.37. The van der Waals surface area contributed by atoms with E-state index in [1.54, 1.807) is 0 Å². The Hall–Kier alpha value is -1.37. The third-order valence-electron chi connectivity index (χ3n) is 3.70. The monoisotopic (exact) mass is 230 g/mol. The van der Waals surface area contributed by atoms with Crippen molar-refractivity contribution >= 4 is 0 Å². The van der Waals surface area contributed by atoms with Gasteiger partial charge in [0, 0.05) is 12.6 Å². The molecule has 0 aromatic heterocycles. The van der Waals surface area contributed by atoms with Crippen LogP contribution in [0.25, 0.3) is 0 Å². The fourth-order valence-corrected chi connectivity index (χ4v) is 2.57. The van der Waals surface area contributed by atoms with Crippen LogP contribution in [0.15, 0.2) is 24.3 Å². The number of hydrogen-bond donors (Lipinski definition) is 1. The molecule has 1 aromatic carbocycles. The number of nitrogens with zero attached hydrogens (tertiary/aromatic N) is 2. The van der Waals surface area contributed by atoms with Crippen LogP contribution < -0.4 is 0 Å². The Morgan fingerprint density at radius 1 is 1.47 bits per heavy atom. The van der Waals surface area contributed by atoms with Crippen LogP contribution in [0.2, 0.25) is 0 Å². The number of hydrogen-bond acceptors (Lipinski definition) is 3. The zero-order valence-corrected chi connectivity index (χ0v) is 10.1. The van der Waals surface area contributed by atoms with Crippen LogP contribution in [0, 0.1) is 17.2 Å². The van der Waals surface area contributed by atoms with E-state index in [-0.39, 0.29) is 12.6 Å². The van der Waals surface area contributed by atoms with E-state index in [1.165, 1.54) is 0 Å². The Balaban J connectivity index is 2.13. The molecule has 3 nitrogen and oxygen atoms in total. The lowest BCUT2D eigenvalue weighted by atomic mass is 10.0. The summed E-state index contributed by atoms with van der Waals surface area (Å²) in [4.78, 5) is 2.28. The molecule has 0 radical (unpaired) electrons. The summed E-state index contributed by atoms with van der Waals surface area (Å²) >= 11 is 0. The fourth-order valence-electron chi connectivity index (χ4n) is 2.57. The molecule has 0 aliphatic carbocycles. The maximum atomic E-state index is 9.40. The fraction of sp³-hybridized carbons (Fsp3) is 0.500. The molecule has 2 unspecified atom stereocenters. The van der Waals surface area contributed by atoms with Crippen LogP contribution in [0.3, 0.4) is 0 Å². The van der Waals surface area contributed by atoms with E-state index in [9.17, 15) is 5.11 Å². The molecular formula is C14H18N2O. The molecule has 2 rings (SSSR count). The molecular weight excluding hydrogens is 212 g/mol. The van der Waals surface area contributed by atoms with E-state index in [4.69, 9.17) is 5.26 Å². The van der Waals surface area contributed by atoms with Crippen molar-refractivity contribution in [2.45, 2.75) is 25.9 Å². The van der Waals surface area contributed by atoms with Crippen molar-refractivity contribution in [3.63, 3.8) is 0 Å². The summed E-state index contributed by atoms with van der Waals surface area (Å²) < 4.78 is 0. The average molecular weight is 230 g/mol. The third-order valence-corrected chi connectivity index (χ3v) is 3.70. The van der Waals surface area contributed by atoms with Crippen LogP contribution in [-0.2, 0) is 6.54 Å². The molecule has 1 fully saturated rings. The summed E-state index contributed by atoms with van der Waals surface area (Å²) in [5.41, 5.74) is 1.80. The highest BCUT2D eigenvalue weighted by Gasteiger charge is 2.30. The molecule has 2 atom stereocenters. The van der Waals surface area contributed by atoms with Crippen LogP contribution in [0.5, 0.6) is 0 Å². The zero-order chi connectivity index (χ0) is 12.3. The largest absolute Gasteiger partial charge is 0.395 e. The standard InChI is InChI=1S/C14H18N2O/c1-11-6-7-16(14(11)10-17)9-13-5-3-2-4-12(13)8-15/h2-5,11,14,17H,6-7,9-10H2,1H3. The smallest absolute Gasteiger partial charge is 0.0995 e. The van der Waals surface area contributed by atoms with Crippen molar-refractivity contribution in [3.05, 3.63) is 35.4 Å². The third kappa shape index (κ3) is 2.49. The van der Waals surface area contributed by atoms with Gasteiger partial charge in [0.25, 0.3) is 0 Å². The van der Waals surface area contributed by atoms with Crippen molar-refractivity contribution in [3.8, 4) is 6.07 Å². The van der Waals surface area contributed by atoms with Crippen molar-refractivity contribution < 1.29 is 5.11 Å². The molecule has 0 bridgehead atoms. The number of aliphatic hydroxyl groups excluding tert-OH is 1. The van der Waals surface area contributed by atoms with Gasteiger partial charge < -0.3 is 5.11 Å². The van der Waals surface area contributed by atoms with Gasteiger partial charge in [-0.1, -0.05) is 25.1 Å². The Labute approximate surface area is 102 Å². The number of likely N-dealkylation sites (tertiary alicyclic amines) is 1. The maximum Gasteiger partial charge on any atom is 0.0995 e. The van der Waals surface area contributed by atoms with E-state index in [2.05, 4.69) is 17.9 Å². The molecule has 1 aliphatic rings. The van der Waals surface area contributed by atoms with Crippen molar-refractivity contribution in [1.29, 1.82) is 5.26 Å². The molecule has 3 heteroatoms. The van der Waals surface area contributed by atoms with Gasteiger partial charge >= 0.3 is 0 Å². The highest BCUT2D eigenvalue weighted by Crippen LogP contribution is 2.25. The van der Waals surface area contributed by atoms with Gasteiger partial charge in [0.1, 0.15) is 0 Å². The van der Waals surface area contributed by atoms with Crippen molar-refractivity contribution in [2.24, 2.45) is 5.92 Å². The summed E-state index contributed by atoms with van der Waals surface area (Å²) in [6, 6.07) is 10.2. The Morgan fingerprint density at radius 3 is 2.94 bits per heavy atom. The van der Waals surface area contributed by atoms with E-state index in [1.807, 2.05) is 24.3 Å². The first-order valence-electron chi connectivity index (χ1n) is 6.09. The van der Waals surface area contributed by atoms with Gasteiger partial charge in [0.2, 0.25) is 0 Å². The normalized spacial score (nSPS) is 24.8. The van der Waals surface area contributed by atoms with E-state index in [0.717, 1.165) is 30.6 Å². The topological polar surface area (TPSA) is 47.3 Å². The SMILES string of the molecule is CC1CCN(Cc2ccccc2C#N)C1CO. The summed E-state index contributed by atoms with van der Waals surface area (Å²) in [5.74, 6) is 0.536. The molecule has 0 saturated carbocycles. The zero-order valence-electron chi connectivity index (χ0n) is 10.1. The summed E-state index contributed by atoms with van der Waals surface area (Å²) in [5, 5.41) is 18.5. The first-order chi connectivity index (χ1) is 8.26. The molecule has 1 heterocycles. The Kier molecular flexibility index (Phi) is 3.78. The number of aliphatic hydroxyl groups is 1. The van der Waals surface area contributed by atoms with Gasteiger partial charge in [0.05, 0.1) is 18.2 Å². The van der Waals surface area contributed by atoms with Gasteiger partial charge in [-0.05, 0) is 30.5 Å². The van der Waals surface area contributed by atoms with E-state index < -0.39 is 0 Å². The van der Waals surface area contributed by atoms with Gasteiger partial charge in [-0.15, -0.1) is 0 Å². The molecule has 17 heavy (non-hydrogen) atoms. The molecule has 90 valence electrons. The first-order valence-corrected chi connectivity index (χ1v) is 6.09. The van der Waals surface area contributed by atoms with Crippen molar-refractivity contribution in [2.75, 3.05) is 13.2 Å². The Bertz CT molecular complexity index is 424. The predicted octanol–water partition coefficient (Wildman–Crippen LogP) is 1.76. The minimum atomic E-state index is 0.204. The van der Waals surface area contributed by atoms with Crippen LogP contribution in [0.4, 0.5) is 0 Å². The molecule has 1 N–H and O–H groups in total. The number of rotatable bonds is 3. The summed E-state index contributed by atoms with van der Waals surface area (Å²) in [6.45, 7) is 4.15. The van der Waals surface area contributed by atoms with E-state index >= 15 is 0 Å². The second kappa shape index (κ2) is 5.31. The lowest BCUT2D eigenvalue weighted by Gasteiger charge is -2.25. The van der Waals surface area contributed by atoms with Gasteiger partial charge in [0.15, 0.2) is 0 Å².